The first-order valence-electron chi connectivity index (χ1n) is 13.0. The van der Waals surface area contributed by atoms with Crippen LogP contribution in [-0.4, -0.2) is 19.2 Å². The summed E-state index contributed by atoms with van der Waals surface area (Å²) in [6.45, 7) is 8.88. The predicted octanol–water partition coefficient (Wildman–Crippen LogP) is 7.82. The molecule has 0 N–H and O–H groups in total. The Hall–Kier alpha value is -4.06. The summed E-state index contributed by atoms with van der Waals surface area (Å²) in [5.74, 6) is -0.399. The van der Waals surface area contributed by atoms with Gasteiger partial charge in [0.1, 0.15) is 6.61 Å². The first kappa shape index (κ1) is 28.5. The Morgan fingerprint density at radius 1 is 0.895 bits per heavy atom. The molecule has 0 saturated heterocycles. The zero-order valence-electron chi connectivity index (χ0n) is 22.6. The molecule has 200 valence electrons. The molecule has 0 bridgehead atoms. The molecule has 1 heterocycles. The minimum Gasteiger partial charge on any atom is -0.489 e. The lowest BCUT2D eigenvalue weighted by molar-refractivity contribution is 0.0722. The van der Waals surface area contributed by atoms with Crippen LogP contribution in [0.4, 0.5) is 0 Å². The topological polar surface area (TPSA) is 75.0 Å². The van der Waals surface area contributed by atoms with Crippen molar-refractivity contribution >= 4 is 16.9 Å². The number of rotatable bonds is 13. The van der Waals surface area contributed by atoms with E-state index in [0.717, 1.165) is 31.3 Å². The predicted molar refractivity (Wildman–Crippen MR) is 151 cm³/mol. The van der Waals surface area contributed by atoms with Gasteiger partial charge >= 0.3 is 11.6 Å². The molecule has 0 saturated carbocycles. The quantitative estimate of drug-likeness (QED) is 0.0998. The SMILES string of the molecule is CCC=CCCOc1cccc2c(OCC=C(C)CCC=C(C)C)c(OC(=O)c3ccccc3)c(=O)oc12. The van der Waals surface area contributed by atoms with Crippen molar-refractivity contribution in [2.75, 3.05) is 13.2 Å². The Morgan fingerprint density at radius 3 is 2.42 bits per heavy atom. The maximum absolute atomic E-state index is 13.1. The van der Waals surface area contributed by atoms with E-state index in [0.29, 0.717) is 23.3 Å². The molecule has 0 amide bonds. The number of para-hydroxylation sites is 1. The molecule has 0 aliphatic heterocycles. The summed E-state index contributed by atoms with van der Waals surface area (Å²) < 4.78 is 23.1. The van der Waals surface area contributed by atoms with Crippen molar-refractivity contribution in [3.05, 3.63) is 100.0 Å². The third kappa shape index (κ3) is 8.23. The molecule has 3 rings (SSSR count). The summed E-state index contributed by atoms with van der Waals surface area (Å²) >= 11 is 0. The molecule has 2 aromatic carbocycles. The van der Waals surface area contributed by atoms with Crippen molar-refractivity contribution in [2.24, 2.45) is 0 Å². The minimum atomic E-state index is -0.817. The van der Waals surface area contributed by atoms with Gasteiger partial charge in [0.05, 0.1) is 17.6 Å². The van der Waals surface area contributed by atoms with Crippen LogP contribution in [0, 0.1) is 0 Å². The van der Waals surface area contributed by atoms with E-state index in [1.54, 1.807) is 48.5 Å². The number of hydrogen-bond acceptors (Lipinski definition) is 6. The fourth-order valence-electron chi connectivity index (χ4n) is 3.70. The first-order chi connectivity index (χ1) is 18.4. The fraction of sp³-hybridized carbons (Fsp3) is 0.312. The van der Waals surface area contributed by atoms with Crippen LogP contribution in [0.3, 0.4) is 0 Å². The second-order valence-electron chi connectivity index (χ2n) is 9.13. The Labute approximate surface area is 224 Å². The van der Waals surface area contributed by atoms with Gasteiger partial charge in [0.2, 0.25) is 0 Å². The summed E-state index contributed by atoms with van der Waals surface area (Å²) in [5.41, 5.74) is 2.17. The molecule has 0 aliphatic carbocycles. The Bertz CT molecular complexity index is 1360. The first-order valence-corrected chi connectivity index (χ1v) is 13.0. The van der Waals surface area contributed by atoms with E-state index in [4.69, 9.17) is 18.6 Å². The lowest BCUT2D eigenvalue weighted by Crippen LogP contribution is -2.16. The van der Waals surface area contributed by atoms with Gasteiger partial charge in [-0.25, -0.2) is 9.59 Å². The number of esters is 1. The van der Waals surface area contributed by atoms with Crippen LogP contribution in [0.5, 0.6) is 17.2 Å². The number of hydrogen-bond donors (Lipinski definition) is 0. The van der Waals surface area contributed by atoms with Crippen LogP contribution in [0.1, 0.15) is 63.7 Å². The smallest absolute Gasteiger partial charge is 0.383 e. The van der Waals surface area contributed by atoms with Crippen LogP contribution in [0.25, 0.3) is 11.0 Å². The van der Waals surface area contributed by atoms with E-state index in [2.05, 4.69) is 32.9 Å². The monoisotopic (exact) mass is 516 g/mol. The molecule has 3 aromatic rings. The maximum atomic E-state index is 13.1. The molecular formula is C32H36O6. The fourth-order valence-corrected chi connectivity index (χ4v) is 3.70. The average Bonchev–Trinajstić information content (AvgIpc) is 2.90. The highest BCUT2D eigenvalue weighted by Gasteiger charge is 2.23. The number of fused-ring (bicyclic) bond motifs is 1. The van der Waals surface area contributed by atoms with Gasteiger partial charge in [0, 0.05) is 0 Å². The van der Waals surface area contributed by atoms with E-state index in [1.165, 1.54) is 5.57 Å². The van der Waals surface area contributed by atoms with Crippen molar-refractivity contribution in [3.8, 4) is 17.2 Å². The maximum Gasteiger partial charge on any atom is 0.383 e. The van der Waals surface area contributed by atoms with Gasteiger partial charge in [-0.05, 0) is 76.8 Å². The van der Waals surface area contributed by atoms with E-state index in [-0.39, 0.29) is 23.7 Å². The third-order valence-corrected chi connectivity index (χ3v) is 5.71. The molecule has 0 fully saturated rings. The van der Waals surface area contributed by atoms with Gasteiger partial charge in [-0.3, -0.25) is 0 Å². The zero-order chi connectivity index (χ0) is 27.3. The summed E-state index contributed by atoms with van der Waals surface area (Å²) in [6, 6.07) is 13.7. The lowest BCUT2D eigenvalue weighted by atomic mass is 10.1. The van der Waals surface area contributed by atoms with E-state index < -0.39 is 11.6 Å². The van der Waals surface area contributed by atoms with Crippen molar-refractivity contribution in [1.29, 1.82) is 0 Å². The Balaban J connectivity index is 1.94. The summed E-state index contributed by atoms with van der Waals surface area (Å²) in [7, 11) is 0. The highest BCUT2D eigenvalue weighted by Crippen LogP contribution is 2.37. The second kappa shape index (κ2) is 14.6. The van der Waals surface area contributed by atoms with Crippen molar-refractivity contribution < 1.29 is 23.4 Å². The molecule has 0 atom stereocenters. The zero-order valence-corrected chi connectivity index (χ0v) is 22.6. The van der Waals surface area contributed by atoms with E-state index in [1.807, 2.05) is 19.1 Å². The standard InChI is InChI=1S/C32H36O6/c1-5-6-7-11-21-35-27-19-13-18-26-28(27)37-32(34)30(38-31(33)25-16-9-8-10-17-25)29(26)36-22-20-24(4)15-12-14-23(2)3/h6-10,13-14,16-20H,5,11-12,15,21-22H2,1-4H3. The van der Waals surface area contributed by atoms with Gasteiger partial charge in [-0.15, -0.1) is 0 Å². The molecule has 6 heteroatoms. The number of allylic oxidation sites excluding steroid dienone is 4. The van der Waals surface area contributed by atoms with E-state index in [9.17, 15) is 9.59 Å². The third-order valence-electron chi connectivity index (χ3n) is 5.71. The van der Waals surface area contributed by atoms with Gasteiger partial charge in [-0.2, -0.15) is 0 Å². The minimum absolute atomic E-state index is 0.144. The second-order valence-corrected chi connectivity index (χ2v) is 9.13. The van der Waals surface area contributed by atoms with Crippen molar-refractivity contribution in [2.45, 2.75) is 53.4 Å². The number of carbonyl (C=O) groups is 1. The van der Waals surface area contributed by atoms with Gasteiger partial charge < -0.3 is 18.6 Å². The molecule has 0 radical (unpaired) electrons. The van der Waals surface area contributed by atoms with Crippen molar-refractivity contribution in [1.82, 2.24) is 0 Å². The van der Waals surface area contributed by atoms with Crippen LogP contribution >= 0.6 is 0 Å². The molecule has 0 spiro atoms. The summed E-state index contributed by atoms with van der Waals surface area (Å²) in [4.78, 5) is 25.9. The molecule has 1 aromatic heterocycles. The van der Waals surface area contributed by atoms with Crippen molar-refractivity contribution in [3.63, 3.8) is 0 Å². The Morgan fingerprint density at radius 2 is 1.68 bits per heavy atom. The summed E-state index contributed by atoms with van der Waals surface area (Å²) in [5, 5.41) is 0.484. The number of benzene rings is 2. The number of ether oxygens (including phenoxy) is 3. The molecule has 0 unspecified atom stereocenters. The highest BCUT2D eigenvalue weighted by molar-refractivity contribution is 5.94. The van der Waals surface area contributed by atoms with Gasteiger partial charge in [-0.1, -0.05) is 60.6 Å². The van der Waals surface area contributed by atoms with Crippen LogP contribution < -0.4 is 19.8 Å². The largest absolute Gasteiger partial charge is 0.489 e. The van der Waals surface area contributed by atoms with E-state index >= 15 is 0 Å². The molecule has 38 heavy (non-hydrogen) atoms. The van der Waals surface area contributed by atoms with Crippen LogP contribution in [-0.2, 0) is 0 Å². The lowest BCUT2D eigenvalue weighted by Gasteiger charge is -2.14. The average molecular weight is 517 g/mol. The molecule has 6 nitrogen and oxygen atoms in total. The van der Waals surface area contributed by atoms with Crippen LogP contribution in [0.15, 0.2) is 93.2 Å². The molecular weight excluding hydrogens is 480 g/mol. The summed E-state index contributed by atoms with van der Waals surface area (Å²) in [6.07, 6.45) is 11.8. The van der Waals surface area contributed by atoms with Gasteiger partial charge in [0.25, 0.3) is 5.75 Å². The normalized spacial score (nSPS) is 11.5. The Kier molecular flexibility index (Phi) is 11.0. The van der Waals surface area contributed by atoms with Gasteiger partial charge in [0.15, 0.2) is 17.1 Å². The highest BCUT2D eigenvalue weighted by atomic mass is 16.6. The number of carbonyl (C=O) groups excluding carboxylic acids is 1. The van der Waals surface area contributed by atoms with Crippen LogP contribution in [0.2, 0.25) is 0 Å². The molecule has 0 aliphatic rings.